The first-order chi connectivity index (χ1) is 18.0. The molecule has 0 unspecified atom stereocenters. The van der Waals surface area contributed by atoms with Gasteiger partial charge in [0.05, 0.1) is 6.10 Å². The number of esters is 1. The third-order valence-corrected chi connectivity index (χ3v) is 6.39. The fourth-order valence-electron chi connectivity index (χ4n) is 4.50. The minimum atomic E-state index is -0.788. The fraction of sp³-hybridized carbons (Fsp3) is 0.500. The van der Waals surface area contributed by atoms with Gasteiger partial charge >= 0.3 is 5.97 Å². The molecule has 0 radical (unpaired) electrons. The predicted octanol–water partition coefficient (Wildman–Crippen LogP) is 2.42. The molecule has 0 spiro atoms. The molecule has 4 N–H and O–H groups in total. The Balaban J connectivity index is 1.86. The average Bonchev–Trinajstić information content (AvgIpc) is 3.52. The Labute approximate surface area is 223 Å². The van der Waals surface area contributed by atoms with Crippen LogP contribution in [0.5, 0.6) is 0 Å². The van der Waals surface area contributed by atoms with Crippen LogP contribution < -0.4 is 11.1 Å². The average molecular weight is 527 g/mol. The van der Waals surface area contributed by atoms with Gasteiger partial charge in [-0.15, -0.1) is 0 Å². The molecule has 3 rings (SSSR count). The molecule has 206 valence electrons. The van der Waals surface area contributed by atoms with E-state index in [0.29, 0.717) is 19.5 Å². The molecule has 1 aromatic rings. The summed E-state index contributed by atoms with van der Waals surface area (Å²) in [5.41, 5.74) is 7.23. The number of amides is 2. The van der Waals surface area contributed by atoms with E-state index in [2.05, 4.69) is 10.3 Å². The predicted molar refractivity (Wildman–Crippen MR) is 141 cm³/mol. The van der Waals surface area contributed by atoms with Crippen LogP contribution in [0.15, 0.2) is 58.4 Å². The Hall–Kier alpha value is -3.50. The highest BCUT2D eigenvalue weighted by Crippen LogP contribution is 2.24. The SMILES string of the molecule is CC1=C[C@@H](O)C[C@@H](N)Cc2nc(co2)C(=O)N2CCC=C2C(=O)O[C@H](C(C)C)[C@H](C)/C=C/C(=O)NCC=C1. The highest BCUT2D eigenvalue weighted by Gasteiger charge is 2.33. The summed E-state index contributed by atoms with van der Waals surface area (Å²) in [6, 6.07) is -0.459. The van der Waals surface area contributed by atoms with Crippen LogP contribution in [-0.4, -0.2) is 64.1 Å². The van der Waals surface area contributed by atoms with Gasteiger partial charge in [-0.1, -0.05) is 56.7 Å². The number of ether oxygens (including phenoxy) is 1. The molecular formula is C28H38N4O6. The monoisotopic (exact) mass is 526 g/mol. The zero-order valence-electron chi connectivity index (χ0n) is 22.4. The third kappa shape index (κ3) is 8.00. The molecule has 10 heteroatoms. The number of rotatable bonds is 1. The first-order valence-electron chi connectivity index (χ1n) is 13.0. The molecular weight excluding hydrogens is 488 g/mol. The summed E-state index contributed by atoms with van der Waals surface area (Å²) < 4.78 is 11.3. The Morgan fingerprint density at radius 3 is 2.74 bits per heavy atom. The molecule has 2 aliphatic heterocycles. The van der Waals surface area contributed by atoms with E-state index < -0.39 is 30.1 Å². The van der Waals surface area contributed by atoms with Crippen molar-refractivity contribution >= 4 is 17.8 Å². The summed E-state index contributed by atoms with van der Waals surface area (Å²) in [5, 5.41) is 13.2. The summed E-state index contributed by atoms with van der Waals surface area (Å²) >= 11 is 0. The Morgan fingerprint density at radius 2 is 2.00 bits per heavy atom. The summed E-state index contributed by atoms with van der Waals surface area (Å²) in [6.45, 7) is 8.21. The van der Waals surface area contributed by atoms with Crippen molar-refractivity contribution in [3.8, 4) is 0 Å². The Bertz CT molecular complexity index is 1130. The smallest absolute Gasteiger partial charge is 0.355 e. The number of nitrogens with two attached hydrogens (primary N) is 1. The topological polar surface area (TPSA) is 148 Å². The number of cyclic esters (lactones) is 1. The number of carbonyl (C=O) groups is 3. The van der Waals surface area contributed by atoms with Crippen molar-refractivity contribution in [2.24, 2.45) is 17.6 Å². The van der Waals surface area contributed by atoms with Gasteiger partial charge in [0.15, 0.2) is 11.6 Å². The third-order valence-electron chi connectivity index (χ3n) is 6.39. The number of hydrogen-bond donors (Lipinski definition) is 3. The molecule has 0 saturated heterocycles. The van der Waals surface area contributed by atoms with Gasteiger partial charge < -0.3 is 30.2 Å². The summed E-state index contributed by atoms with van der Waals surface area (Å²) in [5.74, 6) is -1.35. The van der Waals surface area contributed by atoms with E-state index in [1.165, 1.54) is 17.2 Å². The molecule has 10 nitrogen and oxygen atoms in total. The number of aliphatic hydroxyl groups excluding tert-OH is 1. The molecule has 0 aliphatic carbocycles. The molecule has 38 heavy (non-hydrogen) atoms. The fourth-order valence-corrected chi connectivity index (χ4v) is 4.50. The van der Waals surface area contributed by atoms with Crippen LogP contribution in [0.3, 0.4) is 0 Å². The van der Waals surface area contributed by atoms with Gasteiger partial charge in [0.2, 0.25) is 5.91 Å². The maximum atomic E-state index is 13.2. The zero-order valence-corrected chi connectivity index (χ0v) is 22.4. The van der Waals surface area contributed by atoms with Crippen LogP contribution in [0.2, 0.25) is 0 Å². The number of fused-ring (bicyclic) bond motifs is 3. The highest BCUT2D eigenvalue weighted by atomic mass is 16.5. The van der Waals surface area contributed by atoms with Crippen LogP contribution in [-0.2, 0) is 20.7 Å². The second kappa shape index (κ2) is 13.3. The lowest BCUT2D eigenvalue weighted by Gasteiger charge is -2.27. The first-order valence-corrected chi connectivity index (χ1v) is 13.0. The first kappa shape index (κ1) is 29.1. The van der Waals surface area contributed by atoms with E-state index in [1.807, 2.05) is 27.7 Å². The maximum Gasteiger partial charge on any atom is 0.355 e. The largest absolute Gasteiger partial charge is 0.457 e. The van der Waals surface area contributed by atoms with Crippen LogP contribution in [0.25, 0.3) is 0 Å². The molecule has 2 aliphatic rings. The second-order valence-electron chi connectivity index (χ2n) is 10.1. The van der Waals surface area contributed by atoms with Gasteiger partial charge in [-0.25, -0.2) is 9.78 Å². The number of aliphatic hydroxyl groups is 1. The molecule has 0 aromatic carbocycles. The highest BCUT2D eigenvalue weighted by molar-refractivity contribution is 6.00. The molecule has 3 heterocycles. The minimum Gasteiger partial charge on any atom is -0.457 e. The Morgan fingerprint density at radius 1 is 1.24 bits per heavy atom. The molecule has 2 amide bonds. The van der Waals surface area contributed by atoms with Crippen molar-refractivity contribution in [2.75, 3.05) is 13.1 Å². The Kier molecular flexibility index (Phi) is 10.2. The molecule has 1 aromatic heterocycles. The van der Waals surface area contributed by atoms with E-state index >= 15 is 0 Å². The maximum absolute atomic E-state index is 13.2. The number of nitrogens with zero attached hydrogens (tertiary/aromatic N) is 2. The summed E-state index contributed by atoms with van der Waals surface area (Å²) in [4.78, 5) is 44.2. The van der Waals surface area contributed by atoms with Gasteiger partial charge in [0.1, 0.15) is 18.1 Å². The molecule has 0 saturated carbocycles. The van der Waals surface area contributed by atoms with E-state index in [1.54, 1.807) is 30.4 Å². The van der Waals surface area contributed by atoms with Crippen LogP contribution >= 0.6 is 0 Å². The number of aromatic nitrogens is 1. The van der Waals surface area contributed by atoms with Crippen LogP contribution in [0, 0.1) is 11.8 Å². The van der Waals surface area contributed by atoms with Gasteiger partial charge in [0.25, 0.3) is 5.91 Å². The number of carbonyl (C=O) groups excluding carboxylic acids is 3. The second-order valence-corrected chi connectivity index (χ2v) is 10.1. The molecule has 4 atom stereocenters. The lowest BCUT2D eigenvalue weighted by molar-refractivity contribution is -0.149. The zero-order chi connectivity index (χ0) is 27.8. The van der Waals surface area contributed by atoms with Gasteiger partial charge in [-0.3, -0.25) is 9.59 Å². The van der Waals surface area contributed by atoms with Crippen LogP contribution in [0.1, 0.15) is 56.9 Å². The number of oxazole rings is 1. The minimum absolute atomic E-state index is 0.0300. The molecule has 2 bridgehead atoms. The van der Waals surface area contributed by atoms with Crippen molar-refractivity contribution in [2.45, 2.75) is 65.2 Å². The van der Waals surface area contributed by atoms with E-state index in [0.717, 1.165) is 5.57 Å². The number of hydrogen-bond acceptors (Lipinski definition) is 8. The lowest BCUT2D eigenvalue weighted by atomic mass is 9.94. The van der Waals surface area contributed by atoms with E-state index in [4.69, 9.17) is 14.9 Å². The normalized spacial score (nSPS) is 27.3. The van der Waals surface area contributed by atoms with E-state index in [9.17, 15) is 19.5 Å². The lowest BCUT2D eigenvalue weighted by Crippen LogP contribution is -2.36. The number of allylic oxidation sites excluding steroid dienone is 2. The van der Waals surface area contributed by atoms with E-state index in [-0.39, 0.29) is 47.9 Å². The number of nitrogens with one attached hydrogen (secondary N) is 1. The van der Waals surface area contributed by atoms with Crippen molar-refractivity contribution in [3.05, 3.63) is 65.6 Å². The van der Waals surface area contributed by atoms with Gasteiger partial charge in [-0.05, 0) is 31.8 Å². The van der Waals surface area contributed by atoms with Crippen molar-refractivity contribution < 1.29 is 28.6 Å². The standard InChI is InChI=1S/C28H38N4O6/c1-17(2)26-19(4)9-10-24(34)30-11-5-7-18(3)13-21(33)14-20(29)15-25-31-22(16-37-25)27(35)32-12-6-8-23(32)28(36)38-26/h5,7-10,13,16-17,19-21,26,33H,6,11-12,14-15,29H2,1-4H3,(H,30,34)/b7-5?,10-9+,18-13?/t19-,20-,21-,26-/m1/s1. The molecule has 0 fully saturated rings. The summed E-state index contributed by atoms with van der Waals surface area (Å²) in [7, 11) is 0. The van der Waals surface area contributed by atoms with Gasteiger partial charge in [0, 0.05) is 31.5 Å². The van der Waals surface area contributed by atoms with Crippen molar-refractivity contribution in [1.29, 1.82) is 0 Å². The van der Waals surface area contributed by atoms with Crippen LogP contribution in [0.4, 0.5) is 0 Å². The van der Waals surface area contributed by atoms with Crippen molar-refractivity contribution in [3.63, 3.8) is 0 Å². The van der Waals surface area contributed by atoms with Gasteiger partial charge in [-0.2, -0.15) is 0 Å². The quantitative estimate of drug-likeness (QED) is 0.473. The van der Waals surface area contributed by atoms with Crippen molar-refractivity contribution in [1.82, 2.24) is 15.2 Å². The summed E-state index contributed by atoms with van der Waals surface area (Å²) in [6.07, 6.45) is 11.0.